The Bertz CT molecular complexity index is 795. The zero-order chi connectivity index (χ0) is 16.2. The molecule has 1 aromatic carbocycles. The molecule has 0 bridgehead atoms. The van der Waals surface area contributed by atoms with Gasteiger partial charge in [0.15, 0.2) is 11.5 Å². The van der Waals surface area contributed by atoms with Crippen LogP contribution in [0.5, 0.6) is 0 Å². The molecule has 6 nitrogen and oxygen atoms in total. The number of hydrogen-bond acceptors (Lipinski definition) is 5. The lowest BCUT2D eigenvalue weighted by atomic mass is 10.1. The van der Waals surface area contributed by atoms with Gasteiger partial charge in [-0.15, -0.1) is 0 Å². The Hall–Kier alpha value is -3.15. The van der Waals surface area contributed by atoms with Crippen LogP contribution >= 0.6 is 0 Å². The minimum absolute atomic E-state index is 0.210. The Kier molecular flexibility index (Phi) is 4.05. The molecule has 0 aliphatic carbocycles. The monoisotopic (exact) mass is 308 g/mol. The lowest BCUT2D eigenvalue weighted by molar-refractivity contribution is 0.101. The molecule has 0 saturated heterocycles. The number of benzene rings is 1. The molecule has 0 aliphatic heterocycles. The quantitative estimate of drug-likeness (QED) is 0.802. The van der Waals surface area contributed by atoms with Crippen molar-refractivity contribution in [3.8, 4) is 11.3 Å². The van der Waals surface area contributed by atoms with Crippen LogP contribution in [0.3, 0.4) is 0 Å². The molecular formula is C17H16N4O2. The lowest BCUT2D eigenvalue weighted by Gasteiger charge is -2.11. The van der Waals surface area contributed by atoms with Gasteiger partial charge in [-0.3, -0.25) is 4.79 Å². The molecule has 116 valence electrons. The summed E-state index contributed by atoms with van der Waals surface area (Å²) in [6, 6.07) is 14.7. The summed E-state index contributed by atoms with van der Waals surface area (Å²) >= 11 is 0. The Labute approximate surface area is 133 Å². The lowest BCUT2D eigenvalue weighted by Crippen LogP contribution is -2.12. The normalized spacial score (nSPS) is 10.3. The van der Waals surface area contributed by atoms with E-state index in [0.29, 0.717) is 11.6 Å². The van der Waals surface area contributed by atoms with Gasteiger partial charge in [-0.1, -0.05) is 11.2 Å². The minimum atomic E-state index is -0.358. The Morgan fingerprint density at radius 1 is 1.13 bits per heavy atom. The molecule has 0 fully saturated rings. The van der Waals surface area contributed by atoms with Gasteiger partial charge in [-0.05, 0) is 36.4 Å². The fourth-order valence-corrected chi connectivity index (χ4v) is 2.06. The molecule has 0 aliphatic rings. The first-order chi connectivity index (χ1) is 11.1. The third kappa shape index (κ3) is 3.37. The third-order valence-electron chi connectivity index (χ3n) is 3.32. The molecule has 2 aromatic heterocycles. The standard InChI is InChI=1S/C17H16N4O2/c1-21(2)13-8-6-12(7-9-13)15-11-14(20-23-15)17(22)19-16-5-3-4-10-18-16/h3-11H,1-2H3,(H,18,19,22). The number of hydrogen-bond donors (Lipinski definition) is 1. The molecule has 0 spiro atoms. The predicted octanol–water partition coefficient (Wildman–Crippen LogP) is 3.05. The first-order valence-electron chi connectivity index (χ1n) is 7.10. The van der Waals surface area contributed by atoms with Crippen LogP contribution in [-0.2, 0) is 0 Å². The molecular weight excluding hydrogens is 292 g/mol. The summed E-state index contributed by atoms with van der Waals surface area (Å²) in [5.74, 6) is 0.655. The maximum atomic E-state index is 12.1. The fraction of sp³-hybridized carbons (Fsp3) is 0.118. The SMILES string of the molecule is CN(C)c1ccc(-c2cc(C(=O)Nc3ccccn3)no2)cc1. The van der Waals surface area contributed by atoms with Crippen molar-refractivity contribution >= 4 is 17.4 Å². The van der Waals surface area contributed by atoms with E-state index in [2.05, 4.69) is 15.5 Å². The van der Waals surface area contributed by atoms with Crippen LogP contribution in [0.2, 0.25) is 0 Å². The van der Waals surface area contributed by atoms with Crippen molar-refractivity contribution in [2.24, 2.45) is 0 Å². The van der Waals surface area contributed by atoms with Gasteiger partial charge in [0, 0.05) is 37.6 Å². The van der Waals surface area contributed by atoms with Gasteiger partial charge >= 0.3 is 0 Å². The second-order valence-corrected chi connectivity index (χ2v) is 5.19. The van der Waals surface area contributed by atoms with E-state index in [1.165, 1.54) is 0 Å². The highest BCUT2D eigenvalue weighted by atomic mass is 16.5. The summed E-state index contributed by atoms with van der Waals surface area (Å²) in [5.41, 5.74) is 2.16. The number of pyridine rings is 1. The molecule has 1 N–H and O–H groups in total. The summed E-state index contributed by atoms with van der Waals surface area (Å²) < 4.78 is 5.27. The van der Waals surface area contributed by atoms with E-state index in [-0.39, 0.29) is 11.6 Å². The van der Waals surface area contributed by atoms with Crippen molar-refractivity contribution in [3.63, 3.8) is 0 Å². The number of aromatic nitrogens is 2. The summed E-state index contributed by atoms with van der Waals surface area (Å²) in [4.78, 5) is 18.2. The van der Waals surface area contributed by atoms with Crippen LogP contribution in [0.15, 0.2) is 59.3 Å². The highest BCUT2D eigenvalue weighted by molar-refractivity contribution is 6.02. The highest BCUT2D eigenvalue weighted by Crippen LogP contribution is 2.23. The number of anilines is 2. The smallest absolute Gasteiger partial charge is 0.279 e. The van der Waals surface area contributed by atoms with Crippen molar-refractivity contribution in [1.82, 2.24) is 10.1 Å². The van der Waals surface area contributed by atoms with Gasteiger partial charge in [0.1, 0.15) is 5.82 Å². The highest BCUT2D eigenvalue weighted by Gasteiger charge is 2.14. The molecule has 2 heterocycles. The molecule has 3 rings (SSSR count). The van der Waals surface area contributed by atoms with Gasteiger partial charge < -0.3 is 14.7 Å². The Morgan fingerprint density at radius 2 is 1.91 bits per heavy atom. The zero-order valence-electron chi connectivity index (χ0n) is 12.9. The largest absolute Gasteiger partial charge is 0.378 e. The summed E-state index contributed by atoms with van der Waals surface area (Å²) in [6.07, 6.45) is 1.61. The van der Waals surface area contributed by atoms with Gasteiger partial charge in [0.2, 0.25) is 0 Å². The molecule has 6 heteroatoms. The van der Waals surface area contributed by atoms with Crippen molar-refractivity contribution in [2.45, 2.75) is 0 Å². The van der Waals surface area contributed by atoms with Gasteiger partial charge in [0.05, 0.1) is 0 Å². The summed E-state index contributed by atoms with van der Waals surface area (Å²) in [7, 11) is 3.95. The zero-order valence-corrected chi connectivity index (χ0v) is 12.9. The minimum Gasteiger partial charge on any atom is -0.378 e. The van der Waals surface area contributed by atoms with Crippen LogP contribution in [0.25, 0.3) is 11.3 Å². The second-order valence-electron chi connectivity index (χ2n) is 5.19. The van der Waals surface area contributed by atoms with Crippen molar-refractivity contribution in [1.29, 1.82) is 0 Å². The van der Waals surface area contributed by atoms with Crippen LogP contribution < -0.4 is 10.2 Å². The number of rotatable bonds is 4. The van der Waals surface area contributed by atoms with Crippen LogP contribution in [0.1, 0.15) is 10.5 Å². The van der Waals surface area contributed by atoms with Gasteiger partial charge in [-0.2, -0.15) is 0 Å². The van der Waals surface area contributed by atoms with Crippen molar-refractivity contribution < 1.29 is 9.32 Å². The fourth-order valence-electron chi connectivity index (χ4n) is 2.06. The van der Waals surface area contributed by atoms with E-state index >= 15 is 0 Å². The van der Waals surface area contributed by atoms with E-state index in [1.807, 2.05) is 43.3 Å². The van der Waals surface area contributed by atoms with E-state index in [4.69, 9.17) is 4.52 Å². The van der Waals surface area contributed by atoms with Crippen LogP contribution in [-0.4, -0.2) is 30.1 Å². The first-order valence-corrected chi connectivity index (χ1v) is 7.10. The van der Waals surface area contributed by atoms with Gasteiger partial charge in [-0.25, -0.2) is 4.98 Å². The first kappa shape index (κ1) is 14.8. The van der Waals surface area contributed by atoms with Gasteiger partial charge in [0.25, 0.3) is 5.91 Å². The number of carbonyl (C=O) groups excluding carboxylic acids is 1. The average molecular weight is 308 g/mol. The molecule has 0 atom stereocenters. The van der Waals surface area contributed by atoms with Crippen molar-refractivity contribution in [3.05, 3.63) is 60.4 Å². The topological polar surface area (TPSA) is 71.3 Å². The molecule has 0 saturated carbocycles. The van der Waals surface area contributed by atoms with Crippen LogP contribution in [0, 0.1) is 0 Å². The molecule has 23 heavy (non-hydrogen) atoms. The summed E-state index contributed by atoms with van der Waals surface area (Å²) in [5, 5.41) is 6.49. The Balaban J connectivity index is 1.76. The van der Waals surface area contributed by atoms with E-state index < -0.39 is 0 Å². The summed E-state index contributed by atoms with van der Waals surface area (Å²) in [6.45, 7) is 0. The van der Waals surface area contributed by atoms with E-state index in [1.54, 1.807) is 30.5 Å². The molecule has 3 aromatic rings. The third-order valence-corrected chi connectivity index (χ3v) is 3.32. The van der Waals surface area contributed by atoms with E-state index in [0.717, 1.165) is 11.3 Å². The number of amides is 1. The van der Waals surface area contributed by atoms with Crippen molar-refractivity contribution in [2.75, 3.05) is 24.3 Å². The predicted molar refractivity (Wildman–Crippen MR) is 88.5 cm³/mol. The van der Waals surface area contributed by atoms with Crippen LogP contribution in [0.4, 0.5) is 11.5 Å². The Morgan fingerprint density at radius 3 is 2.57 bits per heavy atom. The molecule has 0 radical (unpaired) electrons. The molecule has 0 unspecified atom stereocenters. The number of nitrogens with one attached hydrogen (secondary N) is 1. The maximum Gasteiger partial charge on any atom is 0.279 e. The second kappa shape index (κ2) is 6.31. The average Bonchev–Trinajstić information content (AvgIpc) is 3.06. The maximum absolute atomic E-state index is 12.1. The van der Waals surface area contributed by atoms with E-state index in [9.17, 15) is 4.79 Å². The molecule has 1 amide bonds. The number of nitrogens with zero attached hydrogens (tertiary/aromatic N) is 3. The number of carbonyl (C=O) groups is 1.